The zero-order valence-corrected chi connectivity index (χ0v) is 12.6. The molecule has 0 fully saturated rings. The number of pyridine rings is 1. The van der Waals surface area contributed by atoms with E-state index < -0.39 is 0 Å². The molecule has 1 aromatic carbocycles. The highest BCUT2D eigenvalue weighted by Crippen LogP contribution is 2.29. The summed E-state index contributed by atoms with van der Waals surface area (Å²) in [4.78, 5) is 16.6. The second-order valence-corrected chi connectivity index (χ2v) is 4.55. The second kappa shape index (κ2) is 6.88. The van der Waals surface area contributed by atoms with E-state index >= 15 is 0 Å². The zero-order chi connectivity index (χ0) is 15.2. The lowest BCUT2D eigenvalue weighted by Gasteiger charge is -2.12. The molecule has 1 aromatic heterocycles. The van der Waals surface area contributed by atoms with E-state index in [0.29, 0.717) is 35.8 Å². The second-order valence-electron chi connectivity index (χ2n) is 4.55. The summed E-state index contributed by atoms with van der Waals surface area (Å²) in [7, 11) is 0. The minimum absolute atomic E-state index is 0.0652. The molecule has 0 saturated heterocycles. The van der Waals surface area contributed by atoms with Crippen LogP contribution >= 0.6 is 0 Å². The summed E-state index contributed by atoms with van der Waals surface area (Å²) in [6, 6.07) is 7.07. The minimum atomic E-state index is -0.0652. The number of carbonyl (C=O) groups is 1. The van der Waals surface area contributed by atoms with Crippen LogP contribution in [-0.2, 0) is 0 Å². The summed E-state index contributed by atoms with van der Waals surface area (Å²) in [5, 5.41) is 0. The van der Waals surface area contributed by atoms with E-state index in [1.54, 1.807) is 30.6 Å². The molecule has 110 valence electrons. The van der Waals surface area contributed by atoms with Crippen LogP contribution in [0, 0.1) is 6.92 Å². The Morgan fingerprint density at radius 3 is 2.48 bits per heavy atom. The summed E-state index contributed by atoms with van der Waals surface area (Å²) in [6.07, 6.45) is 3.27. The van der Waals surface area contributed by atoms with Gasteiger partial charge in [-0.1, -0.05) is 0 Å². The van der Waals surface area contributed by atoms with Gasteiger partial charge in [-0.3, -0.25) is 9.78 Å². The van der Waals surface area contributed by atoms with E-state index in [4.69, 9.17) is 9.47 Å². The molecular weight excluding hydrogens is 266 g/mol. The van der Waals surface area contributed by atoms with Gasteiger partial charge in [-0.15, -0.1) is 0 Å². The first-order valence-corrected chi connectivity index (χ1v) is 7.02. The van der Waals surface area contributed by atoms with Crippen LogP contribution in [0.1, 0.15) is 35.3 Å². The van der Waals surface area contributed by atoms with Gasteiger partial charge in [-0.25, -0.2) is 0 Å². The summed E-state index contributed by atoms with van der Waals surface area (Å²) in [5.74, 6) is 1.18. The third-order valence-electron chi connectivity index (χ3n) is 3.09. The Morgan fingerprint density at radius 1 is 1.10 bits per heavy atom. The van der Waals surface area contributed by atoms with Crippen molar-refractivity contribution in [2.45, 2.75) is 20.8 Å². The Labute approximate surface area is 124 Å². The molecule has 0 bridgehead atoms. The minimum Gasteiger partial charge on any atom is -0.490 e. The fraction of sp³-hybridized carbons (Fsp3) is 0.294. The van der Waals surface area contributed by atoms with E-state index in [2.05, 4.69) is 4.98 Å². The molecule has 0 saturated carbocycles. The highest BCUT2D eigenvalue weighted by atomic mass is 16.5. The molecular formula is C17H19NO3. The number of aromatic nitrogens is 1. The Bertz CT molecular complexity index is 638. The van der Waals surface area contributed by atoms with E-state index in [0.717, 1.165) is 5.56 Å². The van der Waals surface area contributed by atoms with Crippen LogP contribution in [0.25, 0.3) is 0 Å². The predicted octanol–water partition coefficient (Wildman–Crippen LogP) is 3.42. The molecule has 0 amide bonds. The molecule has 2 aromatic rings. The van der Waals surface area contributed by atoms with Crippen molar-refractivity contribution in [3.8, 4) is 11.5 Å². The highest BCUT2D eigenvalue weighted by Gasteiger charge is 2.15. The van der Waals surface area contributed by atoms with E-state index in [1.807, 2.05) is 26.8 Å². The van der Waals surface area contributed by atoms with Gasteiger partial charge in [0.2, 0.25) is 0 Å². The molecule has 0 aliphatic carbocycles. The molecule has 2 rings (SSSR count). The fourth-order valence-corrected chi connectivity index (χ4v) is 2.05. The van der Waals surface area contributed by atoms with Crippen molar-refractivity contribution in [1.29, 1.82) is 0 Å². The SMILES string of the molecule is CCOc1ccc(C(=O)c2cnccc2C)cc1OCC. The number of benzene rings is 1. The van der Waals surface area contributed by atoms with Crippen molar-refractivity contribution < 1.29 is 14.3 Å². The monoisotopic (exact) mass is 285 g/mol. The van der Waals surface area contributed by atoms with Crippen LogP contribution in [0.3, 0.4) is 0 Å². The van der Waals surface area contributed by atoms with Crippen molar-refractivity contribution in [1.82, 2.24) is 4.98 Å². The molecule has 0 aliphatic heterocycles. The van der Waals surface area contributed by atoms with Crippen molar-refractivity contribution in [3.63, 3.8) is 0 Å². The smallest absolute Gasteiger partial charge is 0.194 e. The lowest BCUT2D eigenvalue weighted by atomic mass is 10.0. The van der Waals surface area contributed by atoms with Crippen molar-refractivity contribution >= 4 is 5.78 Å². The normalized spacial score (nSPS) is 10.2. The number of rotatable bonds is 6. The van der Waals surface area contributed by atoms with Crippen LogP contribution in [0.5, 0.6) is 11.5 Å². The van der Waals surface area contributed by atoms with Gasteiger partial charge in [0.1, 0.15) is 0 Å². The Balaban J connectivity index is 2.38. The number of nitrogens with zero attached hydrogens (tertiary/aromatic N) is 1. The Hall–Kier alpha value is -2.36. The lowest BCUT2D eigenvalue weighted by molar-refractivity contribution is 0.103. The molecule has 4 nitrogen and oxygen atoms in total. The summed E-state index contributed by atoms with van der Waals surface area (Å²) < 4.78 is 11.1. The van der Waals surface area contributed by atoms with Crippen LogP contribution in [-0.4, -0.2) is 24.0 Å². The summed E-state index contributed by atoms with van der Waals surface area (Å²) in [5.41, 5.74) is 2.07. The number of ketones is 1. The third-order valence-corrected chi connectivity index (χ3v) is 3.09. The molecule has 1 heterocycles. The molecule has 0 atom stereocenters. The van der Waals surface area contributed by atoms with Gasteiger partial charge in [0.15, 0.2) is 17.3 Å². The zero-order valence-electron chi connectivity index (χ0n) is 12.6. The summed E-state index contributed by atoms with van der Waals surface area (Å²) in [6.45, 7) is 6.77. The molecule has 0 N–H and O–H groups in total. The topological polar surface area (TPSA) is 48.4 Å². The quantitative estimate of drug-likeness (QED) is 0.763. The van der Waals surface area contributed by atoms with Gasteiger partial charge in [0, 0.05) is 23.5 Å². The van der Waals surface area contributed by atoms with Crippen molar-refractivity contribution in [2.75, 3.05) is 13.2 Å². The van der Waals surface area contributed by atoms with Gasteiger partial charge in [0.25, 0.3) is 0 Å². The van der Waals surface area contributed by atoms with E-state index in [-0.39, 0.29) is 5.78 Å². The molecule has 21 heavy (non-hydrogen) atoms. The standard InChI is InChI=1S/C17H19NO3/c1-4-20-15-7-6-13(10-16(15)21-5-2)17(19)14-11-18-9-8-12(14)3/h6-11H,4-5H2,1-3H3. The highest BCUT2D eigenvalue weighted by molar-refractivity contribution is 6.10. The maximum Gasteiger partial charge on any atom is 0.194 e. The lowest BCUT2D eigenvalue weighted by Crippen LogP contribution is -2.06. The average Bonchev–Trinajstić information content (AvgIpc) is 2.49. The number of carbonyl (C=O) groups excluding carboxylic acids is 1. The maximum absolute atomic E-state index is 12.6. The number of aryl methyl sites for hydroxylation is 1. The molecule has 0 spiro atoms. The number of ether oxygens (including phenoxy) is 2. The van der Waals surface area contributed by atoms with Gasteiger partial charge in [0.05, 0.1) is 13.2 Å². The van der Waals surface area contributed by atoms with Crippen LogP contribution in [0.4, 0.5) is 0 Å². The van der Waals surface area contributed by atoms with Crippen LogP contribution < -0.4 is 9.47 Å². The summed E-state index contributed by atoms with van der Waals surface area (Å²) >= 11 is 0. The first-order chi connectivity index (χ1) is 10.2. The van der Waals surface area contributed by atoms with Gasteiger partial charge < -0.3 is 9.47 Å². The molecule has 4 heteroatoms. The molecule has 0 radical (unpaired) electrons. The maximum atomic E-state index is 12.6. The van der Waals surface area contributed by atoms with Gasteiger partial charge >= 0.3 is 0 Å². The van der Waals surface area contributed by atoms with Crippen LogP contribution in [0.15, 0.2) is 36.7 Å². The number of hydrogen-bond acceptors (Lipinski definition) is 4. The van der Waals surface area contributed by atoms with Gasteiger partial charge in [-0.2, -0.15) is 0 Å². The predicted molar refractivity (Wildman–Crippen MR) is 81.2 cm³/mol. The largest absolute Gasteiger partial charge is 0.490 e. The molecule has 0 aliphatic rings. The van der Waals surface area contributed by atoms with Crippen molar-refractivity contribution in [3.05, 3.63) is 53.3 Å². The van der Waals surface area contributed by atoms with Gasteiger partial charge in [-0.05, 0) is 50.6 Å². The Morgan fingerprint density at radius 2 is 1.81 bits per heavy atom. The Kier molecular flexibility index (Phi) is 4.93. The number of hydrogen-bond donors (Lipinski definition) is 0. The first-order valence-electron chi connectivity index (χ1n) is 7.02. The average molecular weight is 285 g/mol. The fourth-order valence-electron chi connectivity index (χ4n) is 2.05. The van der Waals surface area contributed by atoms with Crippen LogP contribution in [0.2, 0.25) is 0 Å². The van der Waals surface area contributed by atoms with Crippen molar-refractivity contribution in [2.24, 2.45) is 0 Å². The first kappa shape index (κ1) is 15.0. The van der Waals surface area contributed by atoms with E-state index in [9.17, 15) is 4.79 Å². The third kappa shape index (κ3) is 3.40. The van der Waals surface area contributed by atoms with E-state index in [1.165, 1.54) is 0 Å². The molecule has 0 unspecified atom stereocenters.